The number of nitrogens with zero attached hydrogens (tertiary/aromatic N) is 4. The van der Waals surface area contributed by atoms with E-state index < -0.39 is 0 Å². The topological polar surface area (TPSA) is 66.4 Å². The lowest BCUT2D eigenvalue weighted by atomic mass is 9.88. The lowest BCUT2D eigenvalue weighted by Crippen LogP contribution is -2.34. The number of pyridine rings is 2. The van der Waals surface area contributed by atoms with Crippen molar-refractivity contribution in [2.75, 3.05) is 9.80 Å². The fourth-order valence-corrected chi connectivity index (χ4v) is 6.41. The number of carbonyl (C=O) groups is 2. The van der Waals surface area contributed by atoms with E-state index >= 15 is 0 Å². The SMILES string of the molecule is O=C(c1ccccc1)N1Cc2c(ccnc2-c2nccc3c2CN(C(=O)c2ccccc2)c2ccccc2-3)-c2ccccc21. The summed E-state index contributed by atoms with van der Waals surface area (Å²) in [7, 11) is 0. The highest BCUT2D eigenvalue weighted by Crippen LogP contribution is 2.46. The zero-order valence-corrected chi connectivity index (χ0v) is 23.7. The summed E-state index contributed by atoms with van der Waals surface area (Å²) < 4.78 is 0. The number of carbonyl (C=O) groups excluding carboxylic acids is 2. The predicted octanol–water partition coefficient (Wildman–Crippen LogP) is 7.80. The van der Waals surface area contributed by atoms with Gasteiger partial charge in [-0.2, -0.15) is 0 Å². The molecule has 8 rings (SSSR count). The van der Waals surface area contributed by atoms with Gasteiger partial charge in [0, 0.05) is 45.8 Å². The van der Waals surface area contributed by atoms with Crippen molar-refractivity contribution < 1.29 is 9.59 Å². The Balaban J connectivity index is 1.29. The van der Waals surface area contributed by atoms with Crippen molar-refractivity contribution in [3.05, 3.63) is 156 Å². The average Bonchev–Trinajstić information content (AvgIpc) is 3.10. The first-order valence-corrected chi connectivity index (χ1v) is 14.6. The molecule has 0 atom stereocenters. The second-order valence-electron chi connectivity index (χ2n) is 10.9. The van der Waals surface area contributed by atoms with Crippen LogP contribution < -0.4 is 9.80 Å². The maximum Gasteiger partial charge on any atom is 0.258 e. The predicted molar refractivity (Wildman–Crippen MR) is 172 cm³/mol. The summed E-state index contributed by atoms with van der Waals surface area (Å²) in [5.41, 5.74) is 10.2. The summed E-state index contributed by atoms with van der Waals surface area (Å²) in [6, 6.07) is 38.7. The molecule has 0 saturated carbocycles. The van der Waals surface area contributed by atoms with Crippen LogP contribution in [0, 0.1) is 0 Å². The van der Waals surface area contributed by atoms with Gasteiger partial charge in [0.15, 0.2) is 0 Å². The van der Waals surface area contributed by atoms with Crippen LogP contribution in [0.2, 0.25) is 0 Å². The number of anilines is 2. The number of rotatable bonds is 3. The molecular formula is C38H26N4O2. The molecule has 44 heavy (non-hydrogen) atoms. The summed E-state index contributed by atoms with van der Waals surface area (Å²) in [5.74, 6) is -0.148. The van der Waals surface area contributed by atoms with Crippen molar-refractivity contribution >= 4 is 23.2 Å². The van der Waals surface area contributed by atoms with Crippen LogP contribution in [0.25, 0.3) is 33.6 Å². The van der Waals surface area contributed by atoms with Gasteiger partial charge in [0.05, 0.1) is 35.9 Å². The van der Waals surface area contributed by atoms with E-state index in [1.165, 1.54) is 0 Å². The Morgan fingerprint density at radius 2 is 0.841 bits per heavy atom. The summed E-state index contributed by atoms with van der Waals surface area (Å²) in [6.07, 6.45) is 3.62. The molecule has 0 aliphatic carbocycles. The minimum absolute atomic E-state index is 0.0740. The molecule has 2 aliphatic heterocycles. The molecule has 0 N–H and O–H groups in total. The van der Waals surface area contributed by atoms with E-state index in [-0.39, 0.29) is 11.8 Å². The molecule has 0 bridgehead atoms. The molecule has 0 spiro atoms. The Morgan fingerprint density at radius 1 is 0.455 bits per heavy atom. The molecule has 0 fully saturated rings. The van der Waals surface area contributed by atoms with Crippen LogP contribution in [0.3, 0.4) is 0 Å². The minimum Gasteiger partial charge on any atom is -0.303 e. The zero-order chi connectivity index (χ0) is 29.6. The highest BCUT2D eigenvalue weighted by molar-refractivity contribution is 6.11. The molecule has 6 heteroatoms. The number of hydrogen-bond acceptors (Lipinski definition) is 4. The molecule has 2 aromatic heterocycles. The van der Waals surface area contributed by atoms with Crippen LogP contribution in [0.4, 0.5) is 11.4 Å². The standard InChI is InChI=1S/C38H26N4O2/c43-37(25-11-3-1-4-12-25)41-23-31-27(29-15-7-9-17-33(29)41)19-21-39-35(31)36-32-24-42(38(44)26-13-5-2-6-14-26)34-18-10-8-16-30(34)28(32)20-22-40-36/h1-22H,23-24H2. The Morgan fingerprint density at radius 3 is 1.27 bits per heavy atom. The number of aromatic nitrogens is 2. The summed E-state index contributed by atoms with van der Waals surface area (Å²) in [6.45, 7) is 0.690. The van der Waals surface area contributed by atoms with Gasteiger partial charge in [0.2, 0.25) is 0 Å². The van der Waals surface area contributed by atoms with E-state index in [9.17, 15) is 9.59 Å². The van der Waals surface area contributed by atoms with Gasteiger partial charge in [-0.1, -0.05) is 72.8 Å². The second kappa shape index (κ2) is 10.4. The van der Waals surface area contributed by atoms with Crippen LogP contribution in [0.15, 0.2) is 134 Å². The van der Waals surface area contributed by atoms with Crippen molar-refractivity contribution in [1.29, 1.82) is 0 Å². The average molecular weight is 571 g/mol. The molecule has 4 aromatic carbocycles. The zero-order valence-electron chi connectivity index (χ0n) is 23.7. The van der Waals surface area contributed by atoms with Gasteiger partial charge in [-0.05, 0) is 59.7 Å². The van der Waals surface area contributed by atoms with Crippen LogP contribution in [0.1, 0.15) is 31.8 Å². The van der Waals surface area contributed by atoms with Gasteiger partial charge < -0.3 is 9.80 Å². The van der Waals surface area contributed by atoms with Crippen LogP contribution >= 0.6 is 0 Å². The van der Waals surface area contributed by atoms with Crippen LogP contribution in [-0.2, 0) is 13.1 Å². The van der Waals surface area contributed by atoms with E-state index in [2.05, 4.69) is 0 Å². The van der Waals surface area contributed by atoms with Crippen molar-refractivity contribution in [2.45, 2.75) is 13.1 Å². The van der Waals surface area contributed by atoms with Gasteiger partial charge in [0.1, 0.15) is 0 Å². The Labute approximate surface area is 254 Å². The number of para-hydroxylation sites is 2. The van der Waals surface area contributed by atoms with Gasteiger partial charge in [-0.3, -0.25) is 19.6 Å². The highest BCUT2D eigenvalue weighted by Gasteiger charge is 2.33. The highest BCUT2D eigenvalue weighted by atomic mass is 16.2. The molecule has 6 nitrogen and oxygen atoms in total. The molecule has 0 unspecified atom stereocenters. The lowest BCUT2D eigenvalue weighted by Gasteiger charge is -2.34. The smallest absolute Gasteiger partial charge is 0.258 e. The third kappa shape index (κ3) is 4.11. The Bertz CT molecular complexity index is 1920. The number of benzene rings is 4. The normalized spacial score (nSPS) is 12.9. The maximum atomic E-state index is 13.9. The van der Waals surface area contributed by atoms with Gasteiger partial charge in [-0.15, -0.1) is 0 Å². The fraction of sp³-hybridized carbons (Fsp3) is 0.0526. The first kappa shape index (κ1) is 25.8. The van der Waals surface area contributed by atoms with E-state index in [1.807, 2.05) is 144 Å². The van der Waals surface area contributed by atoms with E-state index in [0.717, 1.165) is 44.8 Å². The van der Waals surface area contributed by atoms with Crippen LogP contribution in [0.5, 0.6) is 0 Å². The van der Waals surface area contributed by atoms with E-state index in [0.29, 0.717) is 35.6 Å². The first-order valence-electron chi connectivity index (χ1n) is 14.6. The number of amides is 2. The summed E-state index contributed by atoms with van der Waals surface area (Å²) in [5, 5.41) is 0. The monoisotopic (exact) mass is 570 g/mol. The Hall–Kier alpha value is -5.88. The quantitative estimate of drug-likeness (QED) is 0.218. The van der Waals surface area contributed by atoms with Gasteiger partial charge in [-0.25, -0.2) is 0 Å². The molecular weight excluding hydrogens is 544 g/mol. The minimum atomic E-state index is -0.0740. The van der Waals surface area contributed by atoms with E-state index in [4.69, 9.17) is 9.97 Å². The van der Waals surface area contributed by atoms with Crippen molar-refractivity contribution in [3.63, 3.8) is 0 Å². The molecule has 0 radical (unpaired) electrons. The summed E-state index contributed by atoms with van der Waals surface area (Å²) in [4.78, 5) is 41.2. The third-order valence-corrected chi connectivity index (χ3v) is 8.47. The van der Waals surface area contributed by atoms with Gasteiger partial charge in [0.25, 0.3) is 11.8 Å². The molecule has 4 heterocycles. The largest absolute Gasteiger partial charge is 0.303 e. The van der Waals surface area contributed by atoms with Gasteiger partial charge >= 0.3 is 0 Å². The van der Waals surface area contributed by atoms with Crippen molar-refractivity contribution in [3.8, 4) is 33.6 Å². The number of fused-ring (bicyclic) bond motifs is 6. The molecule has 210 valence electrons. The maximum absolute atomic E-state index is 13.9. The molecule has 0 saturated heterocycles. The third-order valence-electron chi connectivity index (χ3n) is 8.47. The van der Waals surface area contributed by atoms with Crippen LogP contribution in [-0.4, -0.2) is 21.8 Å². The number of hydrogen-bond donors (Lipinski definition) is 0. The fourth-order valence-electron chi connectivity index (χ4n) is 6.41. The molecule has 2 amide bonds. The van der Waals surface area contributed by atoms with Crippen molar-refractivity contribution in [2.24, 2.45) is 0 Å². The summed E-state index contributed by atoms with van der Waals surface area (Å²) >= 11 is 0. The second-order valence-corrected chi connectivity index (χ2v) is 10.9. The first-order chi connectivity index (χ1) is 21.7. The molecule has 6 aromatic rings. The lowest BCUT2D eigenvalue weighted by molar-refractivity contribution is 0.0977. The van der Waals surface area contributed by atoms with Crippen molar-refractivity contribution in [1.82, 2.24) is 9.97 Å². The molecule has 2 aliphatic rings. The Kier molecular flexibility index (Phi) is 6.12. The van der Waals surface area contributed by atoms with E-state index in [1.54, 1.807) is 0 Å².